The second kappa shape index (κ2) is 9.50. The summed E-state index contributed by atoms with van der Waals surface area (Å²) in [5.41, 5.74) is 0. The number of alkyl halides is 1. The predicted octanol–water partition coefficient (Wildman–Crippen LogP) is 6.08. The molecule has 0 nitrogen and oxygen atoms in total. The van der Waals surface area contributed by atoms with Crippen LogP contribution in [0.15, 0.2) is 0 Å². The van der Waals surface area contributed by atoms with Crippen LogP contribution in [0.3, 0.4) is 0 Å². The lowest BCUT2D eigenvalue weighted by Crippen LogP contribution is -2.05. The molecular formula is C15H29Br. The SMILES string of the molecule is CCCCCCCCCCC1CCCC1Br. The predicted molar refractivity (Wildman–Crippen MR) is 77.3 cm³/mol. The maximum Gasteiger partial charge on any atom is 0.0174 e. The Bertz CT molecular complexity index is 156. The highest BCUT2D eigenvalue weighted by Crippen LogP contribution is 2.34. The molecule has 1 saturated carbocycles. The molecule has 0 aliphatic heterocycles. The zero-order valence-electron chi connectivity index (χ0n) is 11.0. The Morgan fingerprint density at radius 3 is 2.06 bits per heavy atom. The molecule has 0 aromatic rings. The molecule has 0 bridgehead atoms. The Hall–Kier alpha value is 0.480. The van der Waals surface area contributed by atoms with E-state index in [1.54, 1.807) is 0 Å². The maximum atomic E-state index is 3.82. The van der Waals surface area contributed by atoms with Crippen LogP contribution in [-0.2, 0) is 0 Å². The first-order valence-corrected chi connectivity index (χ1v) is 8.40. The van der Waals surface area contributed by atoms with Crippen LogP contribution in [0.4, 0.5) is 0 Å². The van der Waals surface area contributed by atoms with Crippen molar-refractivity contribution in [1.29, 1.82) is 0 Å². The van der Waals surface area contributed by atoms with Crippen LogP contribution >= 0.6 is 15.9 Å². The number of rotatable bonds is 9. The van der Waals surface area contributed by atoms with Gasteiger partial charge in [-0.1, -0.05) is 80.6 Å². The van der Waals surface area contributed by atoms with Gasteiger partial charge in [-0.25, -0.2) is 0 Å². The molecule has 0 aromatic heterocycles. The highest BCUT2D eigenvalue weighted by atomic mass is 79.9. The van der Waals surface area contributed by atoms with E-state index in [1.165, 1.54) is 77.0 Å². The van der Waals surface area contributed by atoms with Gasteiger partial charge < -0.3 is 0 Å². The van der Waals surface area contributed by atoms with E-state index >= 15 is 0 Å². The van der Waals surface area contributed by atoms with E-state index in [0.29, 0.717) is 0 Å². The van der Waals surface area contributed by atoms with Gasteiger partial charge in [0.2, 0.25) is 0 Å². The lowest BCUT2D eigenvalue weighted by atomic mass is 9.99. The summed E-state index contributed by atoms with van der Waals surface area (Å²) in [6, 6.07) is 0. The van der Waals surface area contributed by atoms with Crippen molar-refractivity contribution in [1.82, 2.24) is 0 Å². The van der Waals surface area contributed by atoms with Crippen LogP contribution in [0.25, 0.3) is 0 Å². The van der Waals surface area contributed by atoms with Crippen molar-refractivity contribution in [3.63, 3.8) is 0 Å². The first kappa shape index (κ1) is 14.5. The molecule has 0 amide bonds. The Labute approximate surface area is 111 Å². The van der Waals surface area contributed by atoms with Crippen molar-refractivity contribution in [3.8, 4) is 0 Å². The van der Waals surface area contributed by atoms with Crippen molar-refractivity contribution in [2.45, 2.75) is 88.8 Å². The van der Waals surface area contributed by atoms with Crippen LogP contribution < -0.4 is 0 Å². The van der Waals surface area contributed by atoms with E-state index in [4.69, 9.17) is 0 Å². The average Bonchev–Trinajstić information content (AvgIpc) is 2.68. The summed E-state index contributed by atoms with van der Waals surface area (Å²) >= 11 is 3.82. The van der Waals surface area contributed by atoms with Gasteiger partial charge in [-0.3, -0.25) is 0 Å². The van der Waals surface area contributed by atoms with E-state index < -0.39 is 0 Å². The molecule has 0 aromatic carbocycles. The van der Waals surface area contributed by atoms with E-state index in [2.05, 4.69) is 22.9 Å². The number of hydrogen-bond donors (Lipinski definition) is 0. The van der Waals surface area contributed by atoms with Gasteiger partial charge in [-0.05, 0) is 25.2 Å². The molecule has 0 radical (unpaired) electrons. The molecule has 96 valence electrons. The molecule has 0 heterocycles. The van der Waals surface area contributed by atoms with Gasteiger partial charge in [0.15, 0.2) is 0 Å². The van der Waals surface area contributed by atoms with Crippen LogP contribution in [0.1, 0.15) is 84.0 Å². The molecule has 1 heteroatoms. The van der Waals surface area contributed by atoms with Gasteiger partial charge in [-0.2, -0.15) is 0 Å². The lowest BCUT2D eigenvalue weighted by Gasteiger charge is -2.13. The minimum absolute atomic E-state index is 0.844. The molecular weight excluding hydrogens is 260 g/mol. The zero-order chi connectivity index (χ0) is 11.6. The van der Waals surface area contributed by atoms with E-state index in [9.17, 15) is 0 Å². The lowest BCUT2D eigenvalue weighted by molar-refractivity contribution is 0.470. The molecule has 0 spiro atoms. The number of hydrogen-bond acceptors (Lipinski definition) is 0. The quantitative estimate of drug-likeness (QED) is 0.356. The maximum absolute atomic E-state index is 3.82. The average molecular weight is 289 g/mol. The highest BCUT2D eigenvalue weighted by molar-refractivity contribution is 9.09. The second-order valence-corrected chi connectivity index (χ2v) is 6.65. The van der Waals surface area contributed by atoms with Crippen molar-refractivity contribution < 1.29 is 0 Å². The van der Waals surface area contributed by atoms with Gasteiger partial charge >= 0.3 is 0 Å². The summed E-state index contributed by atoms with van der Waals surface area (Å²) in [5, 5.41) is 0. The molecule has 1 fully saturated rings. The minimum atomic E-state index is 0.844. The van der Waals surface area contributed by atoms with Crippen molar-refractivity contribution in [2.24, 2.45) is 5.92 Å². The van der Waals surface area contributed by atoms with Gasteiger partial charge in [0.1, 0.15) is 0 Å². The molecule has 1 aliphatic carbocycles. The minimum Gasteiger partial charge on any atom is -0.0888 e. The normalized spacial score (nSPS) is 25.1. The van der Waals surface area contributed by atoms with Crippen LogP contribution in [-0.4, -0.2) is 4.83 Å². The summed E-state index contributed by atoms with van der Waals surface area (Å²) in [4.78, 5) is 0.844. The highest BCUT2D eigenvalue weighted by Gasteiger charge is 2.23. The van der Waals surface area contributed by atoms with Crippen LogP contribution in [0.5, 0.6) is 0 Å². The smallest absolute Gasteiger partial charge is 0.0174 e. The Morgan fingerprint density at radius 1 is 0.875 bits per heavy atom. The third-order valence-electron chi connectivity index (χ3n) is 3.99. The summed E-state index contributed by atoms with van der Waals surface area (Å²) in [5.74, 6) is 1.00. The molecule has 2 atom stereocenters. The molecule has 0 N–H and O–H groups in total. The molecule has 2 unspecified atom stereocenters. The fourth-order valence-electron chi connectivity index (χ4n) is 2.86. The molecule has 1 aliphatic rings. The molecule has 0 saturated heterocycles. The Kier molecular flexibility index (Phi) is 8.64. The summed E-state index contributed by atoms with van der Waals surface area (Å²) < 4.78 is 0. The first-order valence-electron chi connectivity index (χ1n) is 7.48. The van der Waals surface area contributed by atoms with Crippen LogP contribution in [0, 0.1) is 5.92 Å². The second-order valence-electron chi connectivity index (χ2n) is 5.47. The van der Waals surface area contributed by atoms with Gasteiger partial charge in [-0.15, -0.1) is 0 Å². The monoisotopic (exact) mass is 288 g/mol. The molecule has 16 heavy (non-hydrogen) atoms. The van der Waals surface area contributed by atoms with Crippen molar-refractivity contribution >= 4 is 15.9 Å². The largest absolute Gasteiger partial charge is 0.0888 e. The van der Waals surface area contributed by atoms with Gasteiger partial charge in [0.05, 0.1) is 0 Å². The number of halogens is 1. The van der Waals surface area contributed by atoms with Crippen LogP contribution in [0.2, 0.25) is 0 Å². The fraction of sp³-hybridized carbons (Fsp3) is 1.00. The summed E-state index contributed by atoms with van der Waals surface area (Å²) in [7, 11) is 0. The van der Waals surface area contributed by atoms with E-state index in [1.807, 2.05) is 0 Å². The Morgan fingerprint density at radius 2 is 1.50 bits per heavy atom. The van der Waals surface area contributed by atoms with Gasteiger partial charge in [0, 0.05) is 4.83 Å². The first-order chi connectivity index (χ1) is 7.84. The van der Waals surface area contributed by atoms with Gasteiger partial charge in [0.25, 0.3) is 0 Å². The number of unbranched alkanes of at least 4 members (excludes halogenated alkanes) is 7. The third-order valence-corrected chi connectivity index (χ3v) is 5.20. The molecule has 1 rings (SSSR count). The van der Waals surface area contributed by atoms with E-state index in [0.717, 1.165) is 10.7 Å². The third kappa shape index (κ3) is 6.27. The van der Waals surface area contributed by atoms with Crippen molar-refractivity contribution in [3.05, 3.63) is 0 Å². The standard InChI is InChI=1S/C15H29Br/c1-2-3-4-5-6-7-8-9-11-14-12-10-13-15(14)16/h14-15H,2-13H2,1H3. The fourth-order valence-corrected chi connectivity index (χ4v) is 3.71. The topological polar surface area (TPSA) is 0 Å². The Balaban J connectivity index is 1.81. The van der Waals surface area contributed by atoms with Crippen molar-refractivity contribution in [2.75, 3.05) is 0 Å². The summed E-state index contributed by atoms with van der Waals surface area (Å²) in [6.07, 6.45) is 17.5. The summed E-state index contributed by atoms with van der Waals surface area (Å²) in [6.45, 7) is 2.29. The van der Waals surface area contributed by atoms with E-state index in [-0.39, 0.29) is 0 Å². The zero-order valence-corrected chi connectivity index (χ0v) is 12.6.